The van der Waals surface area contributed by atoms with Crippen LogP contribution in [0.4, 0.5) is 0 Å². The molecule has 3 N–H and O–H groups in total. The molecule has 1 aliphatic heterocycles. The Morgan fingerprint density at radius 1 is 1.14 bits per heavy atom. The summed E-state index contributed by atoms with van der Waals surface area (Å²) < 4.78 is 0. The number of nitrogens with two attached hydrogens (primary N) is 1. The highest BCUT2D eigenvalue weighted by molar-refractivity contribution is 5.78. The molecule has 2 rings (SSSR count). The van der Waals surface area contributed by atoms with E-state index in [-0.39, 0.29) is 5.54 Å². The Hall–Kier alpha value is -1.03. The first-order valence-electron chi connectivity index (χ1n) is 8.56. The van der Waals surface area contributed by atoms with E-state index in [0.717, 1.165) is 12.1 Å². The molecule has 1 saturated carbocycles. The van der Waals surface area contributed by atoms with E-state index in [0.29, 0.717) is 12.5 Å². The van der Waals surface area contributed by atoms with Crippen LogP contribution >= 0.6 is 0 Å². The van der Waals surface area contributed by atoms with Gasteiger partial charge in [-0.2, -0.15) is 0 Å². The summed E-state index contributed by atoms with van der Waals surface area (Å²) in [6, 6.07) is 0. The van der Waals surface area contributed by atoms with Gasteiger partial charge in [-0.05, 0) is 45.7 Å². The van der Waals surface area contributed by atoms with Crippen LogP contribution in [0.3, 0.4) is 0 Å². The van der Waals surface area contributed by atoms with Crippen LogP contribution in [0.15, 0.2) is 17.1 Å². The van der Waals surface area contributed by atoms with Crippen LogP contribution < -0.4 is 11.1 Å². The molecule has 2 aliphatic rings. The lowest BCUT2D eigenvalue weighted by Gasteiger charge is -2.47. The van der Waals surface area contributed by atoms with Crippen molar-refractivity contribution in [3.8, 4) is 0 Å². The van der Waals surface area contributed by atoms with Crippen LogP contribution in [0.25, 0.3) is 0 Å². The van der Waals surface area contributed by atoms with Crippen molar-refractivity contribution < 1.29 is 0 Å². The predicted octanol–water partition coefficient (Wildman–Crippen LogP) is 2.66. The third-order valence-electron chi connectivity index (χ3n) is 4.93. The molecule has 4 heteroatoms. The molecule has 0 bridgehead atoms. The van der Waals surface area contributed by atoms with E-state index in [2.05, 4.69) is 21.8 Å². The smallest absolute Gasteiger partial charge is 0.188 e. The molecule has 1 saturated heterocycles. The van der Waals surface area contributed by atoms with Gasteiger partial charge in [0.25, 0.3) is 0 Å². The van der Waals surface area contributed by atoms with Crippen molar-refractivity contribution in [3.05, 3.63) is 12.2 Å². The molecule has 0 aromatic rings. The lowest BCUT2D eigenvalue weighted by Crippen LogP contribution is -2.54. The Balaban J connectivity index is 1.98. The Labute approximate surface area is 129 Å². The molecule has 0 amide bonds. The summed E-state index contributed by atoms with van der Waals surface area (Å²) in [4.78, 5) is 7.38. The molecule has 1 heterocycles. The van der Waals surface area contributed by atoms with E-state index < -0.39 is 0 Å². The van der Waals surface area contributed by atoms with Gasteiger partial charge in [-0.3, -0.25) is 9.89 Å². The van der Waals surface area contributed by atoms with E-state index in [4.69, 9.17) is 5.73 Å². The molecule has 1 aliphatic carbocycles. The summed E-state index contributed by atoms with van der Waals surface area (Å²) in [7, 11) is 0. The summed E-state index contributed by atoms with van der Waals surface area (Å²) >= 11 is 0. The van der Waals surface area contributed by atoms with Gasteiger partial charge in [-0.1, -0.05) is 37.8 Å². The number of likely N-dealkylation sites (tertiary alicyclic amines) is 1. The van der Waals surface area contributed by atoms with Crippen LogP contribution in [0.2, 0.25) is 0 Å². The van der Waals surface area contributed by atoms with Gasteiger partial charge >= 0.3 is 0 Å². The maximum absolute atomic E-state index is 6.01. The van der Waals surface area contributed by atoms with Gasteiger partial charge in [0.2, 0.25) is 0 Å². The third kappa shape index (κ3) is 4.73. The number of hydrogen-bond acceptors (Lipinski definition) is 2. The number of aliphatic imine (C=N–C) groups is 1. The molecule has 2 fully saturated rings. The number of nitrogens with zero attached hydrogens (tertiary/aromatic N) is 2. The van der Waals surface area contributed by atoms with Crippen LogP contribution in [0.5, 0.6) is 0 Å². The number of guanidine groups is 1. The summed E-state index contributed by atoms with van der Waals surface area (Å²) in [6.07, 6.45) is 10.7. The Bertz CT molecular complexity index is 363. The monoisotopic (exact) mass is 292 g/mol. The number of hydrogen-bond donors (Lipinski definition) is 2. The molecule has 0 radical (unpaired) electrons. The molecule has 0 spiro atoms. The van der Waals surface area contributed by atoms with Crippen molar-refractivity contribution in [3.63, 3.8) is 0 Å². The second kappa shape index (κ2) is 7.83. The molecular weight excluding hydrogens is 260 g/mol. The van der Waals surface area contributed by atoms with Gasteiger partial charge in [-0.25, -0.2) is 0 Å². The largest absolute Gasteiger partial charge is 0.370 e. The van der Waals surface area contributed by atoms with Crippen molar-refractivity contribution in [2.24, 2.45) is 10.7 Å². The normalized spacial score (nSPS) is 23.8. The highest BCUT2D eigenvalue weighted by atomic mass is 15.2. The molecule has 0 unspecified atom stereocenters. The van der Waals surface area contributed by atoms with Gasteiger partial charge in [-0.15, -0.1) is 0 Å². The fourth-order valence-electron chi connectivity index (χ4n) is 3.68. The zero-order chi connectivity index (χ0) is 15.1. The molecule has 0 atom stereocenters. The van der Waals surface area contributed by atoms with Crippen LogP contribution in [-0.2, 0) is 0 Å². The van der Waals surface area contributed by atoms with Crippen molar-refractivity contribution in [2.75, 3.05) is 26.2 Å². The van der Waals surface area contributed by atoms with E-state index in [1.165, 1.54) is 64.5 Å². The first-order chi connectivity index (χ1) is 10.1. The molecule has 4 nitrogen and oxygen atoms in total. The topological polar surface area (TPSA) is 53.6 Å². The predicted molar refractivity (Wildman–Crippen MR) is 90.5 cm³/mol. The molecule has 0 aromatic carbocycles. The highest BCUT2D eigenvalue weighted by Crippen LogP contribution is 2.35. The van der Waals surface area contributed by atoms with Crippen molar-refractivity contribution in [1.82, 2.24) is 10.2 Å². The first-order valence-corrected chi connectivity index (χ1v) is 8.56. The van der Waals surface area contributed by atoms with Gasteiger partial charge in [0.1, 0.15) is 0 Å². The number of piperidine rings is 1. The minimum Gasteiger partial charge on any atom is -0.370 e. The molecule has 0 aromatic heterocycles. The zero-order valence-corrected chi connectivity index (χ0v) is 13.7. The summed E-state index contributed by atoms with van der Waals surface area (Å²) in [5.74, 6) is 0.569. The van der Waals surface area contributed by atoms with Crippen LogP contribution in [0, 0.1) is 0 Å². The molecule has 21 heavy (non-hydrogen) atoms. The minimum atomic E-state index is 0.272. The highest BCUT2D eigenvalue weighted by Gasteiger charge is 2.38. The average Bonchev–Trinajstić information content (AvgIpc) is 2.52. The van der Waals surface area contributed by atoms with Gasteiger partial charge < -0.3 is 11.1 Å². The maximum Gasteiger partial charge on any atom is 0.188 e. The van der Waals surface area contributed by atoms with Crippen LogP contribution in [0.1, 0.15) is 58.3 Å². The fraction of sp³-hybridized carbons (Fsp3) is 0.824. The van der Waals surface area contributed by atoms with Gasteiger partial charge in [0.05, 0.1) is 6.54 Å². The fourth-order valence-corrected chi connectivity index (χ4v) is 3.68. The Kier molecular flexibility index (Phi) is 6.09. The lowest BCUT2D eigenvalue weighted by atomic mass is 9.79. The second-order valence-electron chi connectivity index (χ2n) is 6.84. The third-order valence-corrected chi connectivity index (χ3v) is 4.93. The van der Waals surface area contributed by atoms with E-state index >= 15 is 0 Å². The first kappa shape index (κ1) is 16.3. The zero-order valence-electron chi connectivity index (χ0n) is 13.7. The van der Waals surface area contributed by atoms with Crippen molar-refractivity contribution in [2.45, 2.75) is 63.8 Å². The lowest BCUT2D eigenvalue weighted by molar-refractivity contribution is 0.0408. The Morgan fingerprint density at radius 3 is 2.38 bits per heavy atom. The Morgan fingerprint density at radius 2 is 1.76 bits per heavy atom. The molecular formula is C17H32N4. The standard InChI is InChI=1S/C17H32N4/c1-15(2)13-19-16(18)20-14-17(9-5-3-6-10-17)21-11-7-4-8-12-21/h1,3-14H2,2H3,(H3,18,19,20). The quantitative estimate of drug-likeness (QED) is 0.465. The molecule has 120 valence electrons. The summed E-state index contributed by atoms with van der Waals surface area (Å²) in [5, 5.41) is 3.15. The van der Waals surface area contributed by atoms with Crippen molar-refractivity contribution in [1.29, 1.82) is 0 Å². The van der Waals surface area contributed by atoms with E-state index in [1.807, 2.05) is 6.92 Å². The minimum absolute atomic E-state index is 0.272. The summed E-state index contributed by atoms with van der Waals surface area (Å²) in [5.41, 5.74) is 7.36. The van der Waals surface area contributed by atoms with Crippen LogP contribution in [-0.4, -0.2) is 42.6 Å². The van der Waals surface area contributed by atoms with Crippen molar-refractivity contribution >= 4 is 5.96 Å². The second-order valence-corrected chi connectivity index (χ2v) is 6.84. The van der Waals surface area contributed by atoms with Gasteiger partial charge in [0.15, 0.2) is 5.96 Å². The van der Waals surface area contributed by atoms with E-state index in [1.54, 1.807) is 0 Å². The number of rotatable bonds is 5. The SMILES string of the molecule is C=C(C)CNC(N)=NCC1(N2CCCCC2)CCCCC1. The summed E-state index contributed by atoms with van der Waals surface area (Å²) in [6.45, 7) is 9.93. The van der Waals surface area contributed by atoms with Gasteiger partial charge in [0, 0.05) is 12.1 Å². The number of nitrogens with one attached hydrogen (secondary N) is 1. The maximum atomic E-state index is 6.01. The average molecular weight is 292 g/mol. The van der Waals surface area contributed by atoms with E-state index in [9.17, 15) is 0 Å².